The maximum atomic E-state index is 2.31. The fourth-order valence-electron chi connectivity index (χ4n) is 2.69. The summed E-state index contributed by atoms with van der Waals surface area (Å²) in [5, 5.41) is 2.91. The van der Waals surface area contributed by atoms with Crippen LogP contribution in [-0.4, -0.2) is 10.7 Å². The molecule has 2 nitrogen and oxygen atoms in total. The van der Waals surface area contributed by atoms with E-state index in [9.17, 15) is 0 Å². The molecule has 0 atom stereocenters. The Morgan fingerprint density at radius 1 is 0.913 bits per heavy atom. The normalized spacial score (nSPS) is 11.3. The summed E-state index contributed by atoms with van der Waals surface area (Å²) >= 11 is 0. The van der Waals surface area contributed by atoms with Gasteiger partial charge >= 0.3 is 0 Å². The summed E-state index contributed by atoms with van der Waals surface area (Å²) in [4.78, 5) is 0. The van der Waals surface area contributed by atoms with E-state index < -0.39 is 0 Å². The van der Waals surface area contributed by atoms with Crippen LogP contribution in [0.5, 0.6) is 0 Å². The van der Waals surface area contributed by atoms with Gasteiger partial charge in [-0.3, -0.25) is 0 Å². The van der Waals surface area contributed by atoms with Crippen molar-refractivity contribution < 1.29 is 4.57 Å². The van der Waals surface area contributed by atoms with Crippen LogP contribution in [0, 0.1) is 0 Å². The van der Waals surface area contributed by atoms with Gasteiger partial charge in [-0.15, -0.1) is 0 Å². The molecule has 3 rings (SSSR count). The lowest BCUT2D eigenvalue weighted by Crippen LogP contribution is -2.34. The number of aryl methyl sites for hydroxylation is 1. The molecule has 23 heavy (non-hydrogen) atoms. The number of hydrogen-bond acceptors (Lipinski definition) is 0. The number of hydrogen-bond donors (Lipinski definition) is 0. The minimum absolute atomic E-state index is 0.311. The van der Waals surface area contributed by atoms with Crippen molar-refractivity contribution in [3.05, 3.63) is 79.4 Å². The zero-order valence-electron chi connectivity index (χ0n) is 13.8. The van der Waals surface area contributed by atoms with E-state index in [4.69, 9.17) is 0 Å². The van der Waals surface area contributed by atoms with Gasteiger partial charge in [0.2, 0.25) is 6.33 Å². The van der Waals surface area contributed by atoms with Crippen LogP contribution in [0.25, 0.3) is 0 Å². The van der Waals surface area contributed by atoms with Gasteiger partial charge < -0.3 is 0 Å². The molecule has 0 aliphatic heterocycles. The Labute approximate surface area is 140 Å². The molecular formula is C20H24N2P+. The van der Waals surface area contributed by atoms with Crippen molar-refractivity contribution in [2.24, 2.45) is 0 Å². The highest BCUT2D eigenvalue weighted by molar-refractivity contribution is 7.72. The van der Waals surface area contributed by atoms with Crippen molar-refractivity contribution in [3.8, 4) is 0 Å². The zero-order valence-corrected chi connectivity index (χ0v) is 14.7. The molecule has 0 N–H and O–H groups in total. The highest BCUT2D eigenvalue weighted by Gasteiger charge is 2.15. The summed E-state index contributed by atoms with van der Waals surface area (Å²) in [6.45, 7) is 5.48. The predicted molar refractivity (Wildman–Crippen MR) is 99.0 cm³/mol. The van der Waals surface area contributed by atoms with Crippen molar-refractivity contribution in [1.82, 2.24) is 4.57 Å². The summed E-state index contributed by atoms with van der Waals surface area (Å²) in [5.74, 6) is 0. The van der Waals surface area contributed by atoms with Crippen LogP contribution < -0.4 is 15.2 Å². The smallest absolute Gasteiger partial charge is 0.236 e. The summed E-state index contributed by atoms with van der Waals surface area (Å²) in [5.41, 5.74) is 0. The van der Waals surface area contributed by atoms with Gasteiger partial charge in [-0.25, -0.2) is 9.13 Å². The summed E-state index contributed by atoms with van der Waals surface area (Å²) < 4.78 is 4.56. The minimum atomic E-state index is -0.311. The van der Waals surface area contributed by atoms with Gasteiger partial charge in [-0.2, -0.15) is 0 Å². The SMILES string of the molecule is CC(C)n1cc[n+](CCP(c2ccccc2)c2ccccc2)c1. The van der Waals surface area contributed by atoms with Crippen molar-refractivity contribution in [3.63, 3.8) is 0 Å². The number of rotatable bonds is 6. The third-order valence-electron chi connectivity index (χ3n) is 4.03. The van der Waals surface area contributed by atoms with E-state index in [-0.39, 0.29) is 7.92 Å². The molecule has 0 bridgehead atoms. The van der Waals surface area contributed by atoms with Gasteiger partial charge in [0.15, 0.2) is 0 Å². The molecule has 0 radical (unpaired) electrons. The van der Waals surface area contributed by atoms with E-state index in [1.807, 2.05) is 0 Å². The van der Waals surface area contributed by atoms with Crippen molar-refractivity contribution >= 4 is 18.5 Å². The van der Waals surface area contributed by atoms with Crippen LogP contribution in [0.3, 0.4) is 0 Å². The third kappa shape index (κ3) is 4.09. The quantitative estimate of drug-likeness (QED) is 0.485. The van der Waals surface area contributed by atoms with E-state index in [0.717, 1.165) is 12.7 Å². The Balaban J connectivity index is 1.79. The molecule has 1 aromatic heterocycles. The van der Waals surface area contributed by atoms with Gasteiger partial charge in [0.1, 0.15) is 12.4 Å². The predicted octanol–water partition coefficient (Wildman–Crippen LogP) is 3.49. The summed E-state index contributed by atoms with van der Waals surface area (Å²) in [7, 11) is -0.311. The molecule has 2 aromatic carbocycles. The maximum absolute atomic E-state index is 2.31. The lowest BCUT2D eigenvalue weighted by molar-refractivity contribution is -0.692. The van der Waals surface area contributed by atoms with Crippen LogP contribution in [0.4, 0.5) is 0 Å². The van der Waals surface area contributed by atoms with Crippen molar-refractivity contribution in [2.75, 3.05) is 6.16 Å². The van der Waals surface area contributed by atoms with E-state index in [1.165, 1.54) is 10.6 Å². The van der Waals surface area contributed by atoms with Crippen LogP contribution in [0.1, 0.15) is 19.9 Å². The minimum Gasteiger partial charge on any atom is -0.236 e. The Bertz CT molecular complexity index is 680. The average molecular weight is 323 g/mol. The molecule has 1 heterocycles. The van der Waals surface area contributed by atoms with Crippen LogP contribution in [0.2, 0.25) is 0 Å². The molecule has 3 aromatic rings. The van der Waals surface area contributed by atoms with Gasteiger partial charge in [0, 0.05) is 6.16 Å². The maximum Gasteiger partial charge on any atom is 0.243 e. The molecule has 0 aliphatic rings. The van der Waals surface area contributed by atoms with E-state index in [1.54, 1.807) is 0 Å². The average Bonchev–Trinajstić information content (AvgIpc) is 3.06. The second-order valence-corrected chi connectivity index (χ2v) is 8.35. The second kappa shape index (κ2) is 7.57. The van der Waals surface area contributed by atoms with E-state index >= 15 is 0 Å². The Hall–Kier alpha value is -1.92. The fraction of sp³-hybridized carbons (Fsp3) is 0.250. The molecule has 0 fully saturated rings. The van der Waals surface area contributed by atoms with Gasteiger partial charge in [-0.05, 0) is 32.4 Å². The molecule has 0 unspecified atom stereocenters. The number of nitrogens with zero attached hydrogens (tertiary/aromatic N) is 2. The monoisotopic (exact) mass is 323 g/mol. The van der Waals surface area contributed by atoms with Gasteiger partial charge in [-0.1, -0.05) is 60.7 Å². The standard InChI is InChI=1S/C20H24N2P/c1-18(2)22-14-13-21(17-22)15-16-23(19-9-5-3-6-10-19)20-11-7-4-8-12-20/h3-14,17-18H,15-16H2,1-2H3/q+1. The van der Waals surface area contributed by atoms with Crippen LogP contribution >= 0.6 is 7.92 Å². The molecule has 0 aliphatic carbocycles. The molecule has 118 valence electrons. The number of benzene rings is 2. The second-order valence-electron chi connectivity index (χ2n) is 6.02. The summed E-state index contributed by atoms with van der Waals surface area (Å²) in [6, 6.07) is 22.4. The van der Waals surface area contributed by atoms with Crippen LogP contribution in [-0.2, 0) is 6.54 Å². The van der Waals surface area contributed by atoms with Crippen molar-refractivity contribution in [1.29, 1.82) is 0 Å². The first kappa shape index (κ1) is 16.0. The van der Waals surface area contributed by atoms with Gasteiger partial charge in [0.05, 0.1) is 12.6 Å². The Kier molecular flexibility index (Phi) is 5.25. The number of imidazole rings is 1. The topological polar surface area (TPSA) is 8.81 Å². The number of aromatic nitrogens is 2. The third-order valence-corrected chi connectivity index (χ3v) is 6.52. The Morgan fingerprint density at radius 3 is 1.96 bits per heavy atom. The fourth-order valence-corrected chi connectivity index (χ4v) is 5.00. The summed E-state index contributed by atoms with van der Waals surface area (Å²) in [6.07, 6.45) is 7.73. The first-order chi connectivity index (χ1) is 11.2. The molecule has 0 amide bonds. The van der Waals surface area contributed by atoms with Gasteiger partial charge in [0.25, 0.3) is 0 Å². The largest absolute Gasteiger partial charge is 0.243 e. The molecular weight excluding hydrogens is 299 g/mol. The molecule has 0 saturated heterocycles. The van der Waals surface area contributed by atoms with E-state index in [0.29, 0.717) is 6.04 Å². The highest BCUT2D eigenvalue weighted by atomic mass is 31.1. The molecule has 3 heteroatoms. The first-order valence-electron chi connectivity index (χ1n) is 8.18. The van der Waals surface area contributed by atoms with Crippen LogP contribution in [0.15, 0.2) is 79.4 Å². The Morgan fingerprint density at radius 2 is 1.48 bits per heavy atom. The lowest BCUT2D eigenvalue weighted by Gasteiger charge is -2.17. The highest BCUT2D eigenvalue weighted by Crippen LogP contribution is 2.32. The molecule has 0 saturated carbocycles. The van der Waals surface area contributed by atoms with Crippen molar-refractivity contribution in [2.45, 2.75) is 26.4 Å². The molecule has 0 spiro atoms. The first-order valence-corrected chi connectivity index (χ1v) is 9.71. The zero-order chi connectivity index (χ0) is 16.1. The van der Waals surface area contributed by atoms with E-state index in [2.05, 4.69) is 102 Å². The lowest BCUT2D eigenvalue weighted by atomic mass is 10.4.